The smallest absolute Gasteiger partial charge is 0.293 e. The van der Waals surface area contributed by atoms with Crippen LogP contribution in [0.5, 0.6) is 0 Å². The van der Waals surface area contributed by atoms with E-state index in [-0.39, 0.29) is 0 Å². The summed E-state index contributed by atoms with van der Waals surface area (Å²) in [5.74, 6) is 0.937. The van der Waals surface area contributed by atoms with Gasteiger partial charge in [-0.3, -0.25) is 0 Å². The quantitative estimate of drug-likeness (QED) is 0.565. The van der Waals surface area contributed by atoms with E-state index in [0.29, 0.717) is 0 Å². The van der Waals surface area contributed by atoms with Crippen LogP contribution in [0.15, 0.2) is 18.6 Å². The number of hydrogen-bond donors (Lipinski definition) is 1. The van der Waals surface area contributed by atoms with Crippen LogP contribution in [-0.4, -0.2) is 9.97 Å². The van der Waals surface area contributed by atoms with Crippen LogP contribution in [0, 0.1) is 6.92 Å². The number of aryl methyl sites for hydroxylation is 1. The van der Waals surface area contributed by atoms with E-state index in [9.17, 15) is 0 Å². The van der Waals surface area contributed by atoms with Gasteiger partial charge >= 0.3 is 0 Å². The average molecular weight is 134 g/mol. The van der Waals surface area contributed by atoms with Crippen LogP contribution < -0.4 is 4.98 Å². The van der Waals surface area contributed by atoms with Crippen molar-refractivity contribution in [3.63, 3.8) is 0 Å². The summed E-state index contributed by atoms with van der Waals surface area (Å²) >= 11 is 0. The monoisotopic (exact) mass is 134 g/mol. The van der Waals surface area contributed by atoms with Crippen LogP contribution in [-0.2, 0) is 0 Å². The maximum atomic E-state index is 4.25. The summed E-state index contributed by atoms with van der Waals surface area (Å²) in [4.78, 5) is 10.3. The number of aromatic amines is 2. The lowest BCUT2D eigenvalue weighted by molar-refractivity contribution is -0.390. The van der Waals surface area contributed by atoms with Gasteiger partial charge in [-0.05, 0) is 4.98 Å². The van der Waals surface area contributed by atoms with Gasteiger partial charge in [0.15, 0.2) is 0 Å². The fraction of sp³-hybridized carbons (Fsp3) is 0.143. The highest BCUT2D eigenvalue weighted by Crippen LogP contribution is 2.05. The molecule has 3 nitrogen and oxygen atoms in total. The zero-order valence-corrected chi connectivity index (χ0v) is 5.68. The van der Waals surface area contributed by atoms with Gasteiger partial charge in [-0.15, -0.1) is 0 Å². The summed E-state index contributed by atoms with van der Waals surface area (Å²) in [6, 6.07) is 0. The first kappa shape index (κ1) is 5.41. The summed E-state index contributed by atoms with van der Waals surface area (Å²) < 4.78 is 0. The van der Waals surface area contributed by atoms with Crippen molar-refractivity contribution >= 4 is 10.9 Å². The van der Waals surface area contributed by atoms with Crippen LogP contribution in [0.1, 0.15) is 5.82 Å². The summed E-state index contributed by atoms with van der Waals surface area (Å²) in [6.45, 7) is 1.94. The maximum absolute atomic E-state index is 4.25. The van der Waals surface area contributed by atoms with E-state index in [4.69, 9.17) is 0 Å². The van der Waals surface area contributed by atoms with Gasteiger partial charge in [0.05, 0.1) is 11.6 Å². The molecule has 0 aromatic carbocycles. The third-order valence-corrected chi connectivity index (χ3v) is 1.48. The van der Waals surface area contributed by atoms with Gasteiger partial charge in [0, 0.05) is 13.1 Å². The largest absolute Gasteiger partial charge is 0.363 e. The van der Waals surface area contributed by atoms with E-state index >= 15 is 0 Å². The van der Waals surface area contributed by atoms with E-state index in [1.54, 1.807) is 0 Å². The second-order valence-electron chi connectivity index (χ2n) is 2.28. The molecule has 2 aromatic heterocycles. The minimum atomic E-state index is 0.937. The summed E-state index contributed by atoms with van der Waals surface area (Å²) in [5, 5.41) is 1.12. The third kappa shape index (κ3) is 0.673. The molecule has 0 aliphatic carbocycles. The zero-order chi connectivity index (χ0) is 6.97. The maximum Gasteiger partial charge on any atom is 0.293 e. The molecule has 50 valence electrons. The van der Waals surface area contributed by atoms with E-state index in [0.717, 1.165) is 16.7 Å². The van der Waals surface area contributed by atoms with E-state index in [2.05, 4.69) is 15.0 Å². The van der Waals surface area contributed by atoms with E-state index in [1.165, 1.54) is 0 Å². The molecule has 2 rings (SSSR count). The lowest BCUT2D eigenvalue weighted by atomic mass is 10.4. The van der Waals surface area contributed by atoms with E-state index < -0.39 is 0 Å². The minimum Gasteiger partial charge on any atom is -0.363 e. The third-order valence-electron chi connectivity index (χ3n) is 1.48. The van der Waals surface area contributed by atoms with Gasteiger partial charge in [0.2, 0.25) is 5.52 Å². The lowest BCUT2D eigenvalue weighted by Crippen LogP contribution is -2.07. The fourth-order valence-electron chi connectivity index (χ4n) is 0.975. The van der Waals surface area contributed by atoms with Crippen molar-refractivity contribution in [2.24, 2.45) is 0 Å². The number of fused-ring (bicyclic) bond motifs is 1. The number of nitrogens with zero attached hydrogens (tertiary/aromatic N) is 1. The Morgan fingerprint density at radius 1 is 1.50 bits per heavy atom. The molecule has 0 amide bonds. The minimum absolute atomic E-state index is 0.937. The number of H-pyrrole nitrogens is 2. The Morgan fingerprint density at radius 3 is 3.30 bits per heavy atom. The number of hydrogen-bond acceptors (Lipinski definition) is 1. The number of rotatable bonds is 0. The predicted octanol–water partition coefficient (Wildman–Crippen LogP) is 0.685. The lowest BCUT2D eigenvalue weighted by Gasteiger charge is -1.79. The summed E-state index contributed by atoms with van der Waals surface area (Å²) in [5.41, 5.74) is 1.01. The summed E-state index contributed by atoms with van der Waals surface area (Å²) in [6.07, 6.45) is 5.74. The topological polar surface area (TPSA) is 42.8 Å². The highest BCUT2D eigenvalue weighted by atomic mass is 14.9. The Hall–Kier alpha value is -1.38. The van der Waals surface area contributed by atoms with Crippen molar-refractivity contribution in [1.29, 1.82) is 0 Å². The molecular formula is C7H8N3+. The molecule has 0 spiro atoms. The van der Waals surface area contributed by atoms with Crippen molar-refractivity contribution in [3.8, 4) is 0 Å². The fourth-order valence-corrected chi connectivity index (χ4v) is 0.975. The van der Waals surface area contributed by atoms with Crippen LogP contribution in [0.3, 0.4) is 0 Å². The molecule has 0 bridgehead atoms. The molecule has 0 aliphatic rings. The van der Waals surface area contributed by atoms with Crippen molar-refractivity contribution in [1.82, 2.24) is 9.97 Å². The van der Waals surface area contributed by atoms with Gasteiger partial charge in [-0.1, -0.05) is 0 Å². The number of nitrogens with one attached hydrogen (secondary N) is 2. The normalized spacial score (nSPS) is 10.5. The van der Waals surface area contributed by atoms with Crippen LogP contribution >= 0.6 is 0 Å². The second kappa shape index (κ2) is 1.80. The highest BCUT2D eigenvalue weighted by molar-refractivity contribution is 5.75. The Labute approximate surface area is 58.1 Å². The first-order valence-corrected chi connectivity index (χ1v) is 3.18. The molecular weight excluding hydrogens is 126 g/mol. The zero-order valence-electron chi connectivity index (χ0n) is 5.68. The Morgan fingerprint density at radius 2 is 2.40 bits per heavy atom. The van der Waals surface area contributed by atoms with Gasteiger partial charge in [-0.25, -0.2) is 4.98 Å². The Balaban J connectivity index is 2.86. The molecule has 0 radical (unpaired) electrons. The van der Waals surface area contributed by atoms with Crippen LogP contribution in [0.2, 0.25) is 0 Å². The molecule has 0 saturated heterocycles. The van der Waals surface area contributed by atoms with Gasteiger partial charge in [-0.2, -0.15) is 0 Å². The molecule has 0 atom stereocenters. The molecule has 2 heterocycles. The van der Waals surface area contributed by atoms with E-state index in [1.807, 2.05) is 25.5 Å². The average Bonchev–Trinajstić information content (AvgIpc) is 2.33. The molecule has 0 fully saturated rings. The molecule has 0 aliphatic heterocycles. The van der Waals surface area contributed by atoms with Crippen LogP contribution in [0.25, 0.3) is 10.9 Å². The molecule has 10 heavy (non-hydrogen) atoms. The van der Waals surface area contributed by atoms with Crippen LogP contribution in [0.4, 0.5) is 0 Å². The SMILES string of the molecule is Cc1nc2c[nH]cc2c[nH+]1. The first-order valence-electron chi connectivity index (χ1n) is 3.18. The van der Waals surface area contributed by atoms with Gasteiger partial charge in [0.25, 0.3) is 5.82 Å². The molecule has 0 saturated carbocycles. The Kier molecular flexibility index (Phi) is 0.974. The molecule has 2 N–H and O–H groups in total. The van der Waals surface area contributed by atoms with Crippen molar-refractivity contribution in [3.05, 3.63) is 24.4 Å². The van der Waals surface area contributed by atoms with Crippen molar-refractivity contribution in [2.45, 2.75) is 6.92 Å². The molecule has 0 unspecified atom stereocenters. The second-order valence-corrected chi connectivity index (χ2v) is 2.28. The van der Waals surface area contributed by atoms with Gasteiger partial charge < -0.3 is 4.98 Å². The summed E-state index contributed by atoms with van der Waals surface area (Å²) in [7, 11) is 0. The predicted molar refractivity (Wildman–Crippen MR) is 37.4 cm³/mol. The molecule has 3 heteroatoms. The first-order chi connectivity index (χ1) is 4.86. The highest BCUT2D eigenvalue weighted by Gasteiger charge is 2.02. The Bertz CT molecular complexity index is 350. The van der Waals surface area contributed by atoms with Crippen molar-refractivity contribution < 1.29 is 4.98 Å². The molecule has 2 aromatic rings. The number of aromatic nitrogens is 3. The van der Waals surface area contributed by atoms with Crippen molar-refractivity contribution in [2.75, 3.05) is 0 Å². The standard InChI is InChI=1S/C7H7N3/c1-5-9-3-6-2-8-4-7(6)10-5/h2-4,8H,1H3/p+1. The van der Waals surface area contributed by atoms with Gasteiger partial charge in [0.1, 0.15) is 6.20 Å².